The Labute approximate surface area is 27.2 Å². The first-order chi connectivity index (χ1) is 2.56. The largest absolute Gasteiger partial charge is 0.354 e. The second kappa shape index (κ2) is 2.89. The van der Waals surface area contributed by atoms with Crippen LogP contribution < -0.4 is 0 Å². The third-order valence-corrected chi connectivity index (χ3v) is 0.0772. The van der Waals surface area contributed by atoms with Crippen LogP contribution in [0.2, 0.25) is 0 Å². The number of halogens is 1. The lowest BCUT2D eigenvalue weighted by Crippen LogP contribution is -1.70. The van der Waals surface area contributed by atoms with E-state index >= 15 is 0 Å². The monoisotopic (exact) mass is 66.0 g/mol. The Morgan fingerprint density at radius 1 is 2.50 bits per heavy atom. The van der Waals surface area contributed by atoms with Gasteiger partial charge in [-0.05, 0) is 0 Å². The molecular weight excluding hydrogens is 59.0 g/mol. The summed E-state index contributed by atoms with van der Waals surface area (Å²) in [5.74, 6) is 0. The predicted octanol–water partition coefficient (Wildman–Crippen LogP) is 0.560. The van der Waals surface area contributed by atoms with Gasteiger partial charge < -0.3 is 4.74 Å². The van der Waals surface area contributed by atoms with Gasteiger partial charge >= 0.3 is 0 Å². The van der Waals surface area contributed by atoms with Crippen LogP contribution >= 0.6 is 0 Å². The van der Waals surface area contributed by atoms with Crippen molar-refractivity contribution in [2.24, 2.45) is 0 Å². The van der Waals surface area contributed by atoms with Crippen molar-refractivity contribution >= 4 is 0 Å². The van der Waals surface area contributed by atoms with E-state index in [1.54, 1.807) is 0 Å². The Hall–Kier alpha value is -0.110. The molecule has 0 fully saturated rings. The second-order valence-corrected chi connectivity index (χ2v) is 0.281. The van der Waals surface area contributed by atoms with Gasteiger partial charge in [-0.2, -0.15) is 0 Å². The molecule has 0 saturated carbocycles. The molecule has 26 valence electrons. The zero-order chi connectivity index (χ0) is 5.21. The van der Waals surface area contributed by atoms with Crippen molar-refractivity contribution < 1.29 is 11.9 Å². The van der Waals surface area contributed by atoms with Gasteiger partial charge in [-0.3, -0.25) is 0 Å². The molecule has 0 radical (unpaired) electrons. The smallest absolute Gasteiger partial charge is 0.187 e. The van der Waals surface area contributed by atoms with Gasteiger partial charge in [-0.1, -0.05) is 0 Å². The Kier molecular flexibility index (Phi) is 0.982. The first-order valence-corrected chi connectivity index (χ1v) is 0.801. The summed E-state index contributed by atoms with van der Waals surface area (Å²) < 4.78 is 26.8. The van der Waals surface area contributed by atoms with E-state index in [2.05, 4.69) is 4.74 Å². The molecule has 0 saturated heterocycles. The van der Waals surface area contributed by atoms with Crippen LogP contribution in [-0.2, 0) is 4.74 Å². The van der Waals surface area contributed by atoms with E-state index in [0.717, 1.165) is 7.11 Å². The summed E-state index contributed by atoms with van der Waals surface area (Å²) >= 11 is 0. The summed E-state index contributed by atoms with van der Waals surface area (Å²) in [7, 11) is 0.958. The van der Waals surface area contributed by atoms with Gasteiger partial charge in [0.15, 0.2) is 6.81 Å². The molecule has 0 rings (SSSR count). The molecule has 0 heterocycles. The third kappa shape index (κ3) is 1.89. The molecule has 4 heavy (non-hydrogen) atoms. The highest BCUT2D eigenvalue weighted by atomic mass is 19.1. The number of rotatable bonds is 1. The second-order valence-electron chi connectivity index (χ2n) is 0.281. The van der Waals surface area contributed by atoms with Crippen molar-refractivity contribution in [1.82, 2.24) is 0 Å². The highest BCUT2D eigenvalue weighted by Gasteiger charge is 1.55. The highest BCUT2D eigenvalue weighted by molar-refractivity contribution is 3.74. The Bertz CT molecular complexity index is 41.3. The zero-order valence-electron chi connectivity index (χ0n) is 4.29. The fourth-order valence-corrected chi connectivity index (χ4v) is 0. The van der Waals surface area contributed by atoms with E-state index in [0.29, 0.717) is 0 Å². The van der Waals surface area contributed by atoms with Crippen LogP contribution in [-0.4, -0.2) is 13.9 Å². The SMILES string of the molecule is [2H]C([2H])(F)OC. The summed E-state index contributed by atoms with van der Waals surface area (Å²) in [6, 6.07) is 0. The van der Waals surface area contributed by atoms with Crippen molar-refractivity contribution in [2.75, 3.05) is 13.9 Å². The average Bonchev–Trinajstić information content (AvgIpc) is 1.35. The topological polar surface area (TPSA) is 9.23 Å². The van der Waals surface area contributed by atoms with Gasteiger partial charge in [0.1, 0.15) is 0 Å². The minimum atomic E-state index is -2.96. The van der Waals surface area contributed by atoms with Crippen molar-refractivity contribution in [3.63, 3.8) is 0 Å². The number of ether oxygens (including phenoxy) is 1. The van der Waals surface area contributed by atoms with Crippen LogP contribution in [0.5, 0.6) is 0 Å². The predicted molar refractivity (Wildman–Crippen MR) is 13.0 cm³/mol. The minimum absolute atomic E-state index is 0.958. The maximum Gasteiger partial charge on any atom is 0.187 e. The Balaban J connectivity index is 3.17. The molecule has 0 aromatic rings. The zero-order valence-corrected chi connectivity index (χ0v) is 2.29. The van der Waals surface area contributed by atoms with E-state index in [1.165, 1.54) is 0 Å². The van der Waals surface area contributed by atoms with E-state index in [9.17, 15) is 4.39 Å². The number of alkyl halides is 1. The lowest BCUT2D eigenvalue weighted by molar-refractivity contribution is 0.104. The van der Waals surface area contributed by atoms with Gasteiger partial charge in [0.2, 0.25) is 0 Å². The van der Waals surface area contributed by atoms with E-state index in [1.807, 2.05) is 0 Å². The van der Waals surface area contributed by atoms with E-state index in [4.69, 9.17) is 2.74 Å². The van der Waals surface area contributed by atoms with Gasteiger partial charge in [-0.25, -0.2) is 4.39 Å². The number of methoxy groups -OCH3 is 1. The molecule has 0 spiro atoms. The molecule has 2 heteroatoms. The van der Waals surface area contributed by atoms with Crippen molar-refractivity contribution in [1.29, 1.82) is 0 Å². The molecule has 0 aliphatic carbocycles. The maximum atomic E-state index is 11.2. The van der Waals surface area contributed by atoms with E-state index in [-0.39, 0.29) is 0 Å². The van der Waals surface area contributed by atoms with Crippen molar-refractivity contribution in [3.05, 3.63) is 0 Å². The van der Waals surface area contributed by atoms with Crippen LogP contribution in [0.4, 0.5) is 4.39 Å². The standard InChI is InChI=1S/C2H5FO/c1-4-2-3/h2H2,1H3/i2D2. The summed E-state index contributed by atoms with van der Waals surface area (Å²) in [6.45, 7) is -2.96. The van der Waals surface area contributed by atoms with Crippen molar-refractivity contribution in [3.8, 4) is 0 Å². The number of hydrogen-bond acceptors (Lipinski definition) is 1. The molecule has 0 aromatic heterocycles. The molecule has 0 N–H and O–H groups in total. The fraction of sp³-hybridized carbons (Fsp3) is 1.00. The molecule has 1 nitrogen and oxygen atoms in total. The lowest BCUT2D eigenvalue weighted by Gasteiger charge is -1.72. The Morgan fingerprint density at radius 3 is 2.75 bits per heavy atom. The summed E-state index contributed by atoms with van der Waals surface area (Å²) in [5.41, 5.74) is 0. The van der Waals surface area contributed by atoms with Crippen LogP contribution in [0.3, 0.4) is 0 Å². The first-order valence-electron chi connectivity index (χ1n) is 1.80. The summed E-state index contributed by atoms with van der Waals surface area (Å²) in [6.07, 6.45) is 0. The summed E-state index contributed by atoms with van der Waals surface area (Å²) in [5, 5.41) is 0. The highest BCUT2D eigenvalue weighted by Crippen LogP contribution is 1.58. The van der Waals surface area contributed by atoms with Gasteiger partial charge in [-0.15, -0.1) is 0 Å². The van der Waals surface area contributed by atoms with Crippen LogP contribution in [0.15, 0.2) is 0 Å². The molecular formula is C2H5FO. The van der Waals surface area contributed by atoms with Crippen LogP contribution in [0.1, 0.15) is 2.74 Å². The quantitative estimate of drug-likeness (QED) is 0.434. The average molecular weight is 66.1 g/mol. The molecule has 0 amide bonds. The first kappa shape index (κ1) is 1.36. The molecule has 0 aliphatic heterocycles. The minimum Gasteiger partial charge on any atom is -0.354 e. The maximum absolute atomic E-state index is 11.2. The molecule has 0 aliphatic rings. The third-order valence-electron chi connectivity index (χ3n) is 0.0772. The summed E-state index contributed by atoms with van der Waals surface area (Å²) in [4.78, 5) is 0. The fourth-order valence-electron chi connectivity index (χ4n) is 0. The van der Waals surface area contributed by atoms with Crippen LogP contribution in [0, 0.1) is 0 Å². The lowest BCUT2D eigenvalue weighted by atomic mass is 11.5. The van der Waals surface area contributed by atoms with E-state index < -0.39 is 6.81 Å². The van der Waals surface area contributed by atoms with Gasteiger partial charge in [0, 0.05) is 7.11 Å². The van der Waals surface area contributed by atoms with Crippen LogP contribution in [0.25, 0.3) is 0 Å². The molecule has 0 aromatic carbocycles. The Morgan fingerprint density at radius 2 is 2.75 bits per heavy atom. The molecule has 0 unspecified atom stereocenters. The molecule has 0 bridgehead atoms. The van der Waals surface area contributed by atoms with Crippen molar-refractivity contribution in [2.45, 2.75) is 0 Å². The molecule has 0 atom stereocenters. The normalized spacial score (nSPS) is 18.5. The van der Waals surface area contributed by atoms with Gasteiger partial charge in [0.05, 0.1) is 2.74 Å². The number of hydrogen-bond donors (Lipinski definition) is 0. The van der Waals surface area contributed by atoms with Gasteiger partial charge in [0.25, 0.3) is 0 Å².